The van der Waals surface area contributed by atoms with Crippen LogP contribution >= 0.6 is 0 Å². The van der Waals surface area contributed by atoms with Gasteiger partial charge in [-0.25, -0.2) is 0 Å². The van der Waals surface area contributed by atoms with Crippen LogP contribution in [0.3, 0.4) is 0 Å². The second-order valence-electron chi connectivity index (χ2n) is 13.7. The smallest absolute Gasteiger partial charge is 0.306 e. The van der Waals surface area contributed by atoms with E-state index in [1.165, 1.54) is 57.8 Å². The highest BCUT2D eigenvalue weighted by Crippen LogP contribution is 2.13. The fourth-order valence-electron chi connectivity index (χ4n) is 5.26. The van der Waals surface area contributed by atoms with E-state index in [1.807, 2.05) is 109 Å². The molecule has 0 aromatic carbocycles. The molecule has 0 aliphatic rings. The van der Waals surface area contributed by atoms with Gasteiger partial charge < -0.3 is 14.2 Å². The van der Waals surface area contributed by atoms with Crippen molar-refractivity contribution in [3.05, 3.63) is 122 Å². The van der Waals surface area contributed by atoms with E-state index in [-0.39, 0.29) is 38.0 Å². The van der Waals surface area contributed by atoms with Crippen molar-refractivity contribution >= 4 is 17.9 Å². The van der Waals surface area contributed by atoms with Crippen LogP contribution in [0.4, 0.5) is 0 Å². The highest BCUT2D eigenvalue weighted by molar-refractivity contribution is 5.71. The molecule has 0 fully saturated rings. The molecule has 6 nitrogen and oxygen atoms in total. The molecule has 56 heavy (non-hydrogen) atoms. The molecule has 0 saturated carbocycles. The Labute approximate surface area is 342 Å². The zero-order valence-corrected chi connectivity index (χ0v) is 35.3. The Balaban J connectivity index is 4.65. The minimum atomic E-state index is -0.843. The summed E-state index contributed by atoms with van der Waals surface area (Å²) in [6.45, 7) is 6.17. The summed E-state index contributed by atoms with van der Waals surface area (Å²) in [6.07, 6.45) is 59.1. The molecule has 0 aromatic rings. The quantitative estimate of drug-likeness (QED) is 0.0273. The molecule has 0 bridgehead atoms. The second-order valence-corrected chi connectivity index (χ2v) is 13.7. The van der Waals surface area contributed by atoms with Gasteiger partial charge in [-0.1, -0.05) is 213 Å². The summed E-state index contributed by atoms with van der Waals surface area (Å²) in [5.41, 5.74) is 0. The van der Waals surface area contributed by atoms with Crippen LogP contribution in [-0.2, 0) is 28.6 Å². The van der Waals surface area contributed by atoms with Crippen LogP contribution in [0, 0.1) is 0 Å². The monoisotopic (exact) mass is 773 g/mol. The molecule has 0 aliphatic carbocycles. The van der Waals surface area contributed by atoms with Crippen LogP contribution in [-0.4, -0.2) is 37.2 Å². The maximum atomic E-state index is 12.7. The van der Waals surface area contributed by atoms with E-state index in [0.29, 0.717) is 25.7 Å². The Morgan fingerprint density at radius 2 is 0.696 bits per heavy atom. The van der Waals surface area contributed by atoms with Crippen LogP contribution in [0.25, 0.3) is 0 Å². The zero-order valence-electron chi connectivity index (χ0n) is 35.3. The summed E-state index contributed by atoms with van der Waals surface area (Å²) in [5, 5.41) is 0. The van der Waals surface area contributed by atoms with Gasteiger partial charge in [0.15, 0.2) is 6.10 Å². The van der Waals surface area contributed by atoms with Crippen molar-refractivity contribution in [2.45, 2.75) is 162 Å². The molecule has 0 aliphatic heterocycles. The van der Waals surface area contributed by atoms with Crippen molar-refractivity contribution in [3.63, 3.8) is 0 Å². The van der Waals surface area contributed by atoms with E-state index in [9.17, 15) is 14.4 Å². The molecule has 0 N–H and O–H groups in total. The number of carbonyl (C=O) groups is 3. The molecule has 0 spiro atoms. The van der Waals surface area contributed by atoms with Crippen LogP contribution in [0.1, 0.15) is 156 Å². The normalized spacial score (nSPS) is 13.3. The Bertz CT molecular complexity index is 1260. The molecule has 312 valence electrons. The lowest BCUT2D eigenvalue weighted by molar-refractivity contribution is -0.167. The number of allylic oxidation sites excluding steroid dienone is 20. The molecule has 0 radical (unpaired) electrons. The van der Waals surface area contributed by atoms with Gasteiger partial charge in [-0.15, -0.1) is 0 Å². The summed E-state index contributed by atoms with van der Waals surface area (Å²) in [7, 11) is 0. The van der Waals surface area contributed by atoms with Crippen LogP contribution in [0.15, 0.2) is 122 Å². The first kappa shape index (κ1) is 51.8. The van der Waals surface area contributed by atoms with Crippen molar-refractivity contribution < 1.29 is 28.6 Å². The summed E-state index contributed by atoms with van der Waals surface area (Å²) in [4.78, 5) is 37.6. The molecule has 0 amide bonds. The number of hydrogen-bond acceptors (Lipinski definition) is 6. The minimum Gasteiger partial charge on any atom is -0.462 e. The van der Waals surface area contributed by atoms with Gasteiger partial charge in [-0.2, -0.15) is 0 Å². The third-order valence-electron chi connectivity index (χ3n) is 8.47. The first-order chi connectivity index (χ1) is 27.5. The van der Waals surface area contributed by atoms with E-state index in [4.69, 9.17) is 14.2 Å². The fourth-order valence-corrected chi connectivity index (χ4v) is 5.26. The van der Waals surface area contributed by atoms with E-state index in [0.717, 1.165) is 38.5 Å². The number of esters is 3. The summed E-state index contributed by atoms with van der Waals surface area (Å²) >= 11 is 0. The fraction of sp³-hybridized carbons (Fsp3) is 0.540. The summed E-state index contributed by atoms with van der Waals surface area (Å²) in [5.74, 6) is -1.10. The number of ether oxygens (including phenoxy) is 3. The van der Waals surface area contributed by atoms with Crippen LogP contribution < -0.4 is 0 Å². The van der Waals surface area contributed by atoms with Gasteiger partial charge in [0.2, 0.25) is 0 Å². The lowest BCUT2D eigenvalue weighted by atomic mass is 10.0. The van der Waals surface area contributed by atoms with Gasteiger partial charge in [-0.05, 0) is 44.9 Å². The molecule has 0 aromatic heterocycles. The van der Waals surface area contributed by atoms with Gasteiger partial charge >= 0.3 is 17.9 Å². The van der Waals surface area contributed by atoms with Crippen molar-refractivity contribution in [1.82, 2.24) is 0 Å². The molecule has 6 heteroatoms. The Morgan fingerprint density at radius 3 is 1.09 bits per heavy atom. The molecular weight excluding hydrogens is 697 g/mol. The van der Waals surface area contributed by atoms with Crippen molar-refractivity contribution in [2.24, 2.45) is 0 Å². The maximum absolute atomic E-state index is 12.7. The van der Waals surface area contributed by atoms with E-state index in [1.54, 1.807) is 0 Å². The Hall–Kier alpha value is -4.19. The largest absolute Gasteiger partial charge is 0.462 e. The third-order valence-corrected chi connectivity index (χ3v) is 8.47. The SMILES string of the molecule is CC\C=C/C=C\C=C/C=C\C=C/CCCC(=O)OCC(COC(=O)CCCCCCCCCCCCCC)OC(=O)CCC\C=C/C=C\C=C/C=C\C=C/CC. The third kappa shape index (κ3) is 41.0. The van der Waals surface area contributed by atoms with Crippen molar-refractivity contribution in [3.8, 4) is 0 Å². The first-order valence-corrected chi connectivity index (χ1v) is 21.7. The van der Waals surface area contributed by atoms with Gasteiger partial charge in [0.25, 0.3) is 0 Å². The van der Waals surface area contributed by atoms with Gasteiger partial charge in [0.05, 0.1) is 0 Å². The number of rotatable bonds is 36. The minimum absolute atomic E-state index is 0.132. The van der Waals surface area contributed by atoms with E-state index < -0.39 is 12.1 Å². The van der Waals surface area contributed by atoms with Gasteiger partial charge in [0, 0.05) is 19.3 Å². The first-order valence-electron chi connectivity index (χ1n) is 21.7. The zero-order chi connectivity index (χ0) is 40.8. The highest BCUT2D eigenvalue weighted by atomic mass is 16.6. The molecule has 0 saturated heterocycles. The number of hydrogen-bond donors (Lipinski definition) is 0. The summed E-state index contributed by atoms with van der Waals surface area (Å²) in [6, 6.07) is 0. The van der Waals surface area contributed by atoms with Crippen molar-refractivity contribution in [1.29, 1.82) is 0 Å². The molecule has 0 heterocycles. The van der Waals surface area contributed by atoms with Crippen LogP contribution in [0.2, 0.25) is 0 Å². The number of carbonyl (C=O) groups excluding carboxylic acids is 3. The standard InChI is InChI=1S/C50H76O6/c1-4-7-10-13-16-19-22-25-28-31-34-37-40-43-49(52)55-46-47(45-54-48(51)42-39-36-33-30-27-24-21-18-15-12-9-6-3)56-50(53)44-41-38-35-32-29-26-23-20-17-14-11-8-5-2/h7-8,10-11,13-14,16-17,19-20,22-23,25-26,28-29,31-32,34-35,47H,4-6,9,12,15,18,21,24,27,30,33,36-46H2,1-3H3/b10-7-,11-8-,16-13-,17-14-,22-19-,23-20-,28-25-,29-26-,34-31-,35-32-. The molecule has 0 rings (SSSR count). The number of unbranched alkanes of at least 4 members (excludes halogenated alkanes) is 13. The highest BCUT2D eigenvalue weighted by Gasteiger charge is 2.19. The Morgan fingerprint density at radius 1 is 0.375 bits per heavy atom. The molecular formula is C50H76O6. The average Bonchev–Trinajstić information content (AvgIpc) is 3.19. The second kappa shape index (κ2) is 43.5. The summed E-state index contributed by atoms with van der Waals surface area (Å²) < 4.78 is 16.5. The van der Waals surface area contributed by atoms with Gasteiger partial charge in [0.1, 0.15) is 13.2 Å². The maximum Gasteiger partial charge on any atom is 0.306 e. The van der Waals surface area contributed by atoms with Gasteiger partial charge in [-0.3, -0.25) is 14.4 Å². The Kier molecular flexibility index (Phi) is 40.3. The van der Waals surface area contributed by atoms with Crippen LogP contribution in [0.5, 0.6) is 0 Å². The lowest BCUT2D eigenvalue weighted by Gasteiger charge is -2.18. The van der Waals surface area contributed by atoms with E-state index >= 15 is 0 Å². The topological polar surface area (TPSA) is 78.9 Å². The predicted octanol–water partition coefficient (Wildman–Crippen LogP) is 13.8. The molecule has 1 unspecified atom stereocenters. The average molecular weight is 773 g/mol. The van der Waals surface area contributed by atoms with Crippen molar-refractivity contribution in [2.75, 3.05) is 13.2 Å². The lowest BCUT2D eigenvalue weighted by Crippen LogP contribution is -2.30. The van der Waals surface area contributed by atoms with E-state index in [2.05, 4.69) is 32.9 Å². The molecule has 1 atom stereocenters. The predicted molar refractivity (Wildman–Crippen MR) is 237 cm³/mol.